The standard InChI is InChI=1S/C14H15F2N3O/c1-2-3-18-4-6-19(7-5-18)14(20)11-8-10(15)9-12(17)13(11)16/h1,8-9H,3-7,17H2. The van der Waals surface area contributed by atoms with E-state index in [1.54, 1.807) is 0 Å². The van der Waals surface area contributed by atoms with E-state index in [0.717, 1.165) is 12.1 Å². The van der Waals surface area contributed by atoms with Crippen LogP contribution >= 0.6 is 0 Å². The predicted molar refractivity (Wildman–Crippen MR) is 71.9 cm³/mol. The highest BCUT2D eigenvalue weighted by atomic mass is 19.1. The van der Waals surface area contributed by atoms with E-state index in [0.29, 0.717) is 32.7 Å². The van der Waals surface area contributed by atoms with Crippen LogP contribution in [-0.2, 0) is 0 Å². The molecular weight excluding hydrogens is 264 g/mol. The van der Waals surface area contributed by atoms with Crippen molar-refractivity contribution in [1.29, 1.82) is 0 Å². The fourth-order valence-corrected chi connectivity index (χ4v) is 2.17. The van der Waals surface area contributed by atoms with Crippen LogP contribution in [0.2, 0.25) is 0 Å². The molecule has 106 valence electrons. The number of rotatable bonds is 2. The average Bonchev–Trinajstić information content (AvgIpc) is 2.43. The van der Waals surface area contributed by atoms with Crippen LogP contribution in [0.1, 0.15) is 10.4 Å². The molecule has 0 atom stereocenters. The van der Waals surface area contributed by atoms with Gasteiger partial charge < -0.3 is 10.6 Å². The lowest BCUT2D eigenvalue weighted by atomic mass is 10.1. The van der Waals surface area contributed by atoms with E-state index < -0.39 is 17.5 Å². The number of carbonyl (C=O) groups is 1. The fraction of sp³-hybridized carbons (Fsp3) is 0.357. The van der Waals surface area contributed by atoms with Crippen LogP contribution in [0.3, 0.4) is 0 Å². The Balaban J connectivity index is 2.12. The summed E-state index contributed by atoms with van der Waals surface area (Å²) in [6, 6.07) is 1.73. The normalized spacial score (nSPS) is 15.9. The Morgan fingerprint density at radius 2 is 1.95 bits per heavy atom. The first-order valence-corrected chi connectivity index (χ1v) is 6.22. The third kappa shape index (κ3) is 2.89. The van der Waals surface area contributed by atoms with Gasteiger partial charge in [-0.1, -0.05) is 5.92 Å². The van der Waals surface area contributed by atoms with Crippen molar-refractivity contribution < 1.29 is 13.6 Å². The second-order valence-electron chi connectivity index (χ2n) is 4.63. The van der Waals surface area contributed by atoms with Crippen LogP contribution in [-0.4, -0.2) is 48.4 Å². The molecule has 1 aliphatic heterocycles. The van der Waals surface area contributed by atoms with Crippen molar-refractivity contribution in [3.05, 3.63) is 29.3 Å². The number of amides is 1. The van der Waals surface area contributed by atoms with Crippen molar-refractivity contribution in [1.82, 2.24) is 9.80 Å². The minimum absolute atomic E-state index is 0.326. The number of hydrogen-bond donors (Lipinski definition) is 1. The monoisotopic (exact) mass is 279 g/mol. The Hall–Kier alpha value is -2.13. The molecule has 1 aromatic carbocycles. The molecule has 0 aliphatic carbocycles. The Morgan fingerprint density at radius 3 is 2.55 bits per heavy atom. The molecular formula is C14H15F2N3O. The largest absolute Gasteiger partial charge is 0.396 e. The highest BCUT2D eigenvalue weighted by Crippen LogP contribution is 2.19. The molecule has 0 unspecified atom stereocenters. The smallest absolute Gasteiger partial charge is 0.257 e. The molecule has 0 saturated carbocycles. The maximum absolute atomic E-state index is 13.8. The van der Waals surface area contributed by atoms with Gasteiger partial charge in [0, 0.05) is 26.2 Å². The zero-order valence-corrected chi connectivity index (χ0v) is 10.9. The number of terminal acetylenes is 1. The minimum Gasteiger partial charge on any atom is -0.396 e. The summed E-state index contributed by atoms with van der Waals surface area (Å²) in [6.45, 7) is 2.60. The van der Waals surface area contributed by atoms with Gasteiger partial charge in [0.1, 0.15) is 5.82 Å². The molecule has 1 amide bonds. The van der Waals surface area contributed by atoms with Crippen LogP contribution in [0.25, 0.3) is 0 Å². The maximum Gasteiger partial charge on any atom is 0.257 e. The summed E-state index contributed by atoms with van der Waals surface area (Å²) in [5.74, 6) is 0.390. The second kappa shape index (κ2) is 5.88. The second-order valence-corrected chi connectivity index (χ2v) is 4.63. The number of anilines is 1. The lowest BCUT2D eigenvalue weighted by Gasteiger charge is -2.33. The number of halogens is 2. The van der Waals surface area contributed by atoms with Crippen molar-refractivity contribution >= 4 is 11.6 Å². The maximum atomic E-state index is 13.8. The van der Waals surface area contributed by atoms with E-state index in [1.165, 1.54) is 4.90 Å². The van der Waals surface area contributed by atoms with Crippen LogP contribution in [0.15, 0.2) is 12.1 Å². The summed E-state index contributed by atoms with van der Waals surface area (Å²) in [7, 11) is 0. The lowest BCUT2D eigenvalue weighted by Crippen LogP contribution is -2.48. The van der Waals surface area contributed by atoms with Gasteiger partial charge in [-0.2, -0.15) is 0 Å². The van der Waals surface area contributed by atoms with Crippen molar-refractivity contribution in [3.63, 3.8) is 0 Å². The molecule has 1 fully saturated rings. The highest BCUT2D eigenvalue weighted by Gasteiger charge is 2.25. The van der Waals surface area contributed by atoms with E-state index in [9.17, 15) is 13.6 Å². The average molecular weight is 279 g/mol. The third-order valence-corrected chi connectivity index (χ3v) is 3.27. The number of piperazine rings is 1. The zero-order chi connectivity index (χ0) is 14.7. The van der Waals surface area contributed by atoms with Gasteiger partial charge >= 0.3 is 0 Å². The molecule has 20 heavy (non-hydrogen) atoms. The molecule has 6 heteroatoms. The Morgan fingerprint density at radius 1 is 1.30 bits per heavy atom. The van der Waals surface area contributed by atoms with Crippen LogP contribution in [0.5, 0.6) is 0 Å². The van der Waals surface area contributed by atoms with Crippen molar-refractivity contribution in [2.45, 2.75) is 0 Å². The molecule has 1 saturated heterocycles. The number of nitrogen functional groups attached to an aromatic ring is 1. The van der Waals surface area contributed by atoms with E-state index in [1.807, 2.05) is 4.90 Å². The van der Waals surface area contributed by atoms with Crippen molar-refractivity contribution in [3.8, 4) is 12.3 Å². The predicted octanol–water partition coefficient (Wildman–Crippen LogP) is 0.938. The summed E-state index contributed by atoms with van der Waals surface area (Å²) in [6.07, 6.45) is 5.22. The Bertz CT molecular complexity index is 560. The van der Waals surface area contributed by atoms with Gasteiger partial charge in [0.25, 0.3) is 5.91 Å². The SMILES string of the molecule is C#CCN1CCN(C(=O)c2cc(F)cc(N)c2F)CC1. The van der Waals surface area contributed by atoms with Gasteiger partial charge in [-0.25, -0.2) is 8.78 Å². The summed E-state index contributed by atoms with van der Waals surface area (Å²) >= 11 is 0. The van der Waals surface area contributed by atoms with Crippen LogP contribution < -0.4 is 5.73 Å². The van der Waals surface area contributed by atoms with E-state index in [2.05, 4.69) is 5.92 Å². The first-order chi connectivity index (χ1) is 9.52. The van der Waals surface area contributed by atoms with Gasteiger partial charge in [-0.05, 0) is 12.1 Å². The molecule has 0 radical (unpaired) electrons. The van der Waals surface area contributed by atoms with E-state index >= 15 is 0 Å². The van der Waals surface area contributed by atoms with E-state index in [4.69, 9.17) is 12.2 Å². The van der Waals surface area contributed by atoms with Gasteiger partial charge in [0.15, 0.2) is 5.82 Å². The zero-order valence-electron chi connectivity index (χ0n) is 10.9. The molecule has 1 aliphatic rings. The molecule has 1 aromatic rings. The van der Waals surface area contributed by atoms with Gasteiger partial charge in [-0.15, -0.1) is 6.42 Å². The number of benzene rings is 1. The quantitative estimate of drug-likeness (QED) is 0.647. The highest BCUT2D eigenvalue weighted by molar-refractivity contribution is 5.95. The number of carbonyl (C=O) groups excluding carboxylic acids is 1. The molecule has 1 heterocycles. The molecule has 0 aromatic heterocycles. The fourth-order valence-electron chi connectivity index (χ4n) is 2.17. The van der Waals surface area contributed by atoms with Crippen LogP contribution in [0.4, 0.5) is 14.5 Å². The third-order valence-electron chi connectivity index (χ3n) is 3.27. The Kier molecular flexibility index (Phi) is 4.20. The number of hydrogen-bond acceptors (Lipinski definition) is 3. The number of nitrogens with two attached hydrogens (primary N) is 1. The minimum atomic E-state index is -0.873. The molecule has 0 bridgehead atoms. The topological polar surface area (TPSA) is 49.6 Å². The first kappa shape index (κ1) is 14.3. The van der Waals surface area contributed by atoms with Crippen molar-refractivity contribution in [2.75, 3.05) is 38.5 Å². The summed E-state index contributed by atoms with van der Waals surface area (Å²) in [5, 5.41) is 0. The lowest BCUT2D eigenvalue weighted by molar-refractivity contribution is 0.0647. The Labute approximate surface area is 116 Å². The van der Waals surface area contributed by atoms with Crippen molar-refractivity contribution in [2.24, 2.45) is 0 Å². The first-order valence-electron chi connectivity index (χ1n) is 6.22. The van der Waals surface area contributed by atoms with Gasteiger partial charge in [0.05, 0.1) is 17.8 Å². The van der Waals surface area contributed by atoms with E-state index in [-0.39, 0.29) is 11.3 Å². The molecule has 2 rings (SSSR count). The molecule has 4 nitrogen and oxygen atoms in total. The molecule has 0 spiro atoms. The number of nitrogens with zero attached hydrogens (tertiary/aromatic N) is 2. The summed E-state index contributed by atoms with van der Waals surface area (Å²) < 4.78 is 27.1. The summed E-state index contributed by atoms with van der Waals surface area (Å²) in [5.41, 5.74) is 4.65. The van der Waals surface area contributed by atoms with Gasteiger partial charge in [0.2, 0.25) is 0 Å². The van der Waals surface area contributed by atoms with Crippen LogP contribution in [0, 0.1) is 24.0 Å². The van der Waals surface area contributed by atoms with Gasteiger partial charge in [-0.3, -0.25) is 9.69 Å². The molecule has 2 N–H and O–H groups in total. The summed E-state index contributed by atoms with van der Waals surface area (Å²) in [4.78, 5) is 15.7.